The standard InChI is InChI=1S/C35H33F2N3O5/c1-4-39(26-16-24(36)15-25(37)17-26)35(42)32-22-40(33-21-28(43-2)8-9-31(33)34(32)41)27-18-29(44-3)20-30(19-27)45-14-6-5-7-23-10-12-38-13-11-23/h8-13,15-22H,4-7,14H2,1-3H3. The van der Waals surface area contributed by atoms with E-state index >= 15 is 0 Å². The largest absolute Gasteiger partial charge is 0.497 e. The number of fused-ring (bicyclic) bond motifs is 1. The van der Waals surface area contributed by atoms with E-state index in [1.165, 1.54) is 26.0 Å². The zero-order chi connectivity index (χ0) is 31.9. The Morgan fingerprint density at radius 1 is 0.867 bits per heavy atom. The summed E-state index contributed by atoms with van der Waals surface area (Å²) < 4.78 is 46.9. The van der Waals surface area contributed by atoms with E-state index in [9.17, 15) is 18.4 Å². The van der Waals surface area contributed by atoms with Crippen molar-refractivity contribution < 1.29 is 27.8 Å². The molecule has 0 N–H and O–H groups in total. The monoisotopic (exact) mass is 613 g/mol. The summed E-state index contributed by atoms with van der Waals surface area (Å²) in [6.07, 6.45) is 7.64. The molecule has 2 heterocycles. The van der Waals surface area contributed by atoms with Gasteiger partial charge < -0.3 is 23.7 Å². The van der Waals surface area contributed by atoms with Crippen molar-refractivity contribution in [3.8, 4) is 22.9 Å². The van der Waals surface area contributed by atoms with Gasteiger partial charge in [0.1, 0.15) is 34.4 Å². The maximum Gasteiger partial charge on any atom is 0.263 e. The Bertz CT molecular complexity index is 1860. The Balaban J connectivity index is 1.53. The van der Waals surface area contributed by atoms with Crippen molar-refractivity contribution in [2.24, 2.45) is 0 Å². The number of amides is 1. The number of nitrogens with zero attached hydrogens (tertiary/aromatic N) is 3. The Morgan fingerprint density at radius 2 is 1.58 bits per heavy atom. The summed E-state index contributed by atoms with van der Waals surface area (Å²) in [6, 6.07) is 17.1. The Morgan fingerprint density at radius 3 is 2.27 bits per heavy atom. The fourth-order valence-corrected chi connectivity index (χ4v) is 5.15. The van der Waals surface area contributed by atoms with E-state index in [2.05, 4.69) is 4.98 Å². The summed E-state index contributed by atoms with van der Waals surface area (Å²) in [4.78, 5) is 32.8. The van der Waals surface area contributed by atoms with Crippen LogP contribution in [0.2, 0.25) is 0 Å². The van der Waals surface area contributed by atoms with Crippen LogP contribution in [0.15, 0.2) is 90.1 Å². The number of carbonyl (C=O) groups excluding carboxylic acids is 1. The summed E-state index contributed by atoms with van der Waals surface area (Å²) in [7, 11) is 3.06. The number of rotatable bonds is 12. The molecule has 0 saturated carbocycles. The first-order valence-electron chi connectivity index (χ1n) is 14.5. The third-order valence-electron chi connectivity index (χ3n) is 7.42. The first-order valence-corrected chi connectivity index (χ1v) is 14.5. The van der Waals surface area contributed by atoms with Gasteiger partial charge >= 0.3 is 0 Å². The molecule has 0 saturated heterocycles. The highest BCUT2D eigenvalue weighted by Gasteiger charge is 2.23. The highest BCUT2D eigenvalue weighted by atomic mass is 19.1. The predicted molar refractivity (Wildman–Crippen MR) is 169 cm³/mol. The van der Waals surface area contributed by atoms with E-state index < -0.39 is 23.0 Å². The number of hydrogen-bond donors (Lipinski definition) is 0. The number of methoxy groups -OCH3 is 2. The smallest absolute Gasteiger partial charge is 0.263 e. The number of carbonyl (C=O) groups is 1. The molecule has 1 amide bonds. The quantitative estimate of drug-likeness (QED) is 0.145. The van der Waals surface area contributed by atoms with Gasteiger partial charge in [-0.2, -0.15) is 0 Å². The molecule has 8 nitrogen and oxygen atoms in total. The summed E-state index contributed by atoms with van der Waals surface area (Å²) in [6.45, 7) is 2.20. The number of aryl methyl sites for hydroxylation is 1. The van der Waals surface area contributed by atoms with Crippen LogP contribution in [0.4, 0.5) is 14.5 Å². The molecule has 10 heteroatoms. The molecule has 232 valence electrons. The molecule has 0 fully saturated rings. The lowest BCUT2D eigenvalue weighted by Gasteiger charge is -2.22. The van der Waals surface area contributed by atoms with Gasteiger partial charge in [-0.3, -0.25) is 14.6 Å². The molecule has 2 aromatic heterocycles. The number of aromatic nitrogens is 2. The summed E-state index contributed by atoms with van der Waals surface area (Å²) >= 11 is 0. The van der Waals surface area contributed by atoms with E-state index in [1.807, 2.05) is 12.1 Å². The fraction of sp³-hybridized carbons (Fsp3) is 0.229. The van der Waals surface area contributed by atoms with Crippen molar-refractivity contribution in [3.63, 3.8) is 0 Å². The number of hydrogen-bond acceptors (Lipinski definition) is 6. The van der Waals surface area contributed by atoms with Crippen molar-refractivity contribution in [1.82, 2.24) is 9.55 Å². The number of ether oxygens (including phenoxy) is 3. The minimum absolute atomic E-state index is 0.00164. The molecular formula is C35H33F2N3O5. The van der Waals surface area contributed by atoms with Gasteiger partial charge in [0, 0.05) is 66.5 Å². The Kier molecular flexibility index (Phi) is 9.72. The van der Waals surface area contributed by atoms with Crippen molar-refractivity contribution in [2.75, 3.05) is 32.3 Å². The van der Waals surface area contributed by atoms with Gasteiger partial charge in [-0.05, 0) is 68.1 Å². The molecule has 45 heavy (non-hydrogen) atoms. The molecular weight excluding hydrogens is 580 g/mol. The molecule has 0 aliphatic heterocycles. The number of anilines is 1. The van der Waals surface area contributed by atoms with E-state index in [-0.39, 0.29) is 23.2 Å². The van der Waals surface area contributed by atoms with Gasteiger partial charge in [0.05, 0.1) is 32.0 Å². The van der Waals surface area contributed by atoms with Crippen LogP contribution in [-0.2, 0) is 6.42 Å². The summed E-state index contributed by atoms with van der Waals surface area (Å²) in [5, 5.41) is 0.254. The number of pyridine rings is 2. The molecule has 0 spiro atoms. The van der Waals surface area contributed by atoms with Crippen LogP contribution in [0.5, 0.6) is 17.2 Å². The third-order valence-corrected chi connectivity index (χ3v) is 7.42. The highest BCUT2D eigenvalue weighted by Crippen LogP contribution is 2.30. The van der Waals surface area contributed by atoms with Crippen LogP contribution < -0.4 is 24.5 Å². The Labute approximate surface area is 259 Å². The zero-order valence-electron chi connectivity index (χ0n) is 25.3. The van der Waals surface area contributed by atoms with Crippen LogP contribution in [0.3, 0.4) is 0 Å². The molecule has 5 rings (SSSR count). The van der Waals surface area contributed by atoms with Gasteiger partial charge in [0.15, 0.2) is 0 Å². The number of benzene rings is 3. The minimum Gasteiger partial charge on any atom is -0.497 e. The maximum atomic E-state index is 14.1. The van der Waals surface area contributed by atoms with Gasteiger partial charge in [0.25, 0.3) is 5.91 Å². The molecule has 0 radical (unpaired) electrons. The molecule has 0 aliphatic rings. The van der Waals surface area contributed by atoms with E-state index in [4.69, 9.17) is 14.2 Å². The van der Waals surface area contributed by atoms with Gasteiger partial charge in [-0.15, -0.1) is 0 Å². The van der Waals surface area contributed by atoms with Crippen molar-refractivity contribution in [2.45, 2.75) is 26.2 Å². The second kappa shape index (κ2) is 14.0. The SMILES string of the molecule is CCN(C(=O)c1cn(-c2cc(OC)cc(OCCCCc3ccncc3)c2)c2cc(OC)ccc2c1=O)c1cc(F)cc(F)c1. The van der Waals surface area contributed by atoms with E-state index in [1.54, 1.807) is 60.3 Å². The first-order chi connectivity index (χ1) is 21.8. The number of unbranched alkanes of at least 4 members (excludes halogenated alkanes) is 1. The number of halogens is 2. The Hall–Kier alpha value is -5.25. The van der Waals surface area contributed by atoms with Crippen LogP contribution in [0, 0.1) is 11.6 Å². The molecule has 0 unspecified atom stereocenters. The van der Waals surface area contributed by atoms with Crippen LogP contribution in [0.25, 0.3) is 16.6 Å². The molecule has 3 aromatic carbocycles. The van der Waals surface area contributed by atoms with Gasteiger partial charge in [-0.25, -0.2) is 8.78 Å². The maximum absolute atomic E-state index is 14.1. The van der Waals surface area contributed by atoms with Gasteiger partial charge in [-0.1, -0.05) is 0 Å². The molecule has 0 aliphatic carbocycles. The molecule has 0 bridgehead atoms. The van der Waals surface area contributed by atoms with Crippen LogP contribution in [0.1, 0.15) is 35.7 Å². The van der Waals surface area contributed by atoms with Gasteiger partial charge in [0.2, 0.25) is 5.43 Å². The fourth-order valence-electron chi connectivity index (χ4n) is 5.15. The lowest BCUT2D eigenvalue weighted by atomic mass is 10.1. The highest BCUT2D eigenvalue weighted by molar-refractivity contribution is 6.07. The molecule has 5 aromatic rings. The summed E-state index contributed by atoms with van der Waals surface area (Å²) in [5.41, 5.74) is 1.55. The van der Waals surface area contributed by atoms with E-state index in [0.29, 0.717) is 35.1 Å². The van der Waals surface area contributed by atoms with Crippen molar-refractivity contribution >= 4 is 22.5 Å². The summed E-state index contributed by atoms with van der Waals surface area (Å²) in [5.74, 6) is -0.809. The normalized spacial score (nSPS) is 11.0. The van der Waals surface area contributed by atoms with E-state index in [0.717, 1.165) is 42.4 Å². The lowest BCUT2D eigenvalue weighted by molar-refractivity contribution is 0.0987. The second-order valence-corrected chi connectivity index (χ2v) is 10.3. The average molecular weight is 614 g/mol. The van der Waals surface area contributed by atoms with Crippen molar-refractivity contribution in [3.05, 3.63) is 118 Å². The molecule has 0 atom stereocenters. The lowest BCUT2D eigenvalue weighted by Crippen LogP contribution is -2.35. The predicted octanol–water partition coefficient (Wildman–Crippen LogP) is 6.75. The first kappa shape index (κ1) is 31.2. The topological polar surface area (TPSA) is 82.9 Å². The minimum atomic E-state index is -0.833. The van der Waals surface area contributed by atoms with Crippen molar-refractivity contribution in [1.29, 1.82) is 0 Å². The zero-order valence-corrected chi connectivity index (χ0v) is 25.3. The third kappa shape index (κ3) is 7.12. The second-order valence-electron chi connectivity index (χ2n) is 10.3. The van der Waals surface area contributed by atoms with Crippen LogP contribution in [-0.4, -0.2) is 42.8 Å². The average Bonchev–Trinajstić information content (AvgIpc) is 3.04. The van der Waals surface area contributed by atoms with Crippen LogP contribution >= 0.6 is 0 Å².